The molecule has 0 saturated heterocycles. The van der Waals surface area contributed by atoms with E-state index < -0.39 is 0 Å². The molecule has 0 aromatic carbocycles. The van der Waals surface area contributed by atoms with E-state index in [1.54, 1.807) is 42.0 Å². The van der Waals surface area contributed by atoms with Crippen LogP contribution in [0.4, 0.5) is 5.69 Å². The average molecular weight is 288 g/mol. The number of hydrogen-bond donors (Lipinski definition) is 1. The van der Waals surface area contributed by atoms with Crippen molar-refractivity contribution in [2.45, 2.75) is 6.92 Å². The van der Waals surface area contributed by atoms with Gasteiger partial charge in [0.2, 0.25) is 0 Å². The van der Waals surface area contributed by atoms with E-state index in [-0.39, 0.29) is 5.91 Å². The Bertz CT molecular complexity index is 781. The quantitative estimate of drug-likeness (QED) is 0.734. The number of carbonyl (C=O) groups excluding carboxylic acids is 1. The van der Waals surface area contributed by atoms with E-state index in [1.165, 1.54) is 6.20 Å². The van der Waals surface area contributed by atoms with Gasteiger partial charge in [-0.15, -0.1) is 0 Å². The third-order valence-corrected chi connectivity index (χ3v) is 3.01. The standard InChI is InChI=1S/C13H10ClN5O/c1-8-11(12-15-5-2-6-19(12)18-8)13(20)17-9-3-4-10(14)16-7-9/h2-7H,1H3,(H,17,20). The molecule has 0 radical (unpaired) electrons. The van der Waals surface area contributed by atoms with Crippen LogP contribution in [-0.2, 0) is 0 Å². The lowest BCUT2D eigenvalue weighted by Crippen LogP contribution is -2.13. The molecule has 0 aliphatic carbocycles. The number of nitrogens with zero attached hydrogens (tertiary/aromatic N) is 4. The molecule has 7 heteroatoms. The van der Waals surface area contributed by atoms with Crippen LogP contribution in [0.25, 0.3) is 5.65 Å². The normalized spacial score (nSPS) is 10.7. The minimum atomic E-state index is -0.277. The lowest BCUT2D eigenvalue weighted by molar-refractivity contribution is 0.102. The molecular weight excluding hydrogens is 278 g/mol. The molecule has 0 saturated carbocycles. The molecule has 3 heterocycles. The lowest BCUT2D eigenvalue weighted by Gasteiger charge is -2.04. The Morgan fingerprint density at radius 1 is 1.35 bits per heavy atom. The van der Waals surface area contributed by atoms with Crippen LogP contribution in [0.3, 0.4) is 0 Å². The van der Waals surface area contributed by atoms with Crippen molar-refractivity contribution in [3.63, 3.8) is 0 Å². The third kappa shape index (κ3) is 2.21. The van der Waals surface area contributed by atoms with Gasteiger partial charge in [0, 0.05) is 12.4 Å². The number of carbonyl (C=O) groups is 1. The SMILES string of the molecule is Cc1nn2cccnc2c1C(=O)Nc1ccc(Cl)nc1. The van der Waals surface area contributed by atoms with Gasteiger partial charge in [-0.2, -0.15) is 5.10 Å². The zero-order valence-electron chi connectivity index (χ0n) is 10.5. The number of nitrogens with one attached hydrogen (secondary N) is 1. The molecule has 0 fully saturated rings. The van der Waals surface area contributed by atoms with Crippen molar-refractivity contribution >= 4 is 28.8 Å². The smallest absolute Gasteiger partial charge is 0.261 e. The molecule has 0 unspecified atom stereocenters. The largest absolute Gasteiger partial charge is 0.320 e. The van der Waals surface area contributed by atoms with Crippen LogP contribution < -0.4 is 5.32 Å². The van der Waals surface area contributed by atoms with Crippen molar-refractivity contribution in [2.24, 2.45) is 0 Å². The maximum atomic E-state index is 12.3. The Labute approximate surface area is 119 Å². The highest BCUT2D eigenvalue weighted by molar-refractivity contribution is 6.29. The van der Waals surface area contributed by atoms with Crippen molar-refractivity contribution in [2.75, 3.05) is 5.32 Å². The van der Waals surface area contributed by atoms with Crippen LogP contribution in [0.1, 0.15) is 16.1 Å². The fourth-order valence-electron chi connectivity index (χ4n) is 1.91. The number of hydrogen-bond acceptors (Lipinski definition) is 4. The maximum Gasteiger partial charge on any atom is 0.261 e. The average Bonchev–Trinajstić information content (AvgIpc) is 2.77. The van der Waals surface area contributed by atoms with Crippen molar-refractivity contribution in [3.05, 3.63) is 53.2 Å². The van der Waals surface area contributed by atoms with Gasteiger partial charge >= 0.3 is 0 Å². The Kier molecular flexibility index (Phi) is 3.08. The topological polar surface area (TPSA) is 72.2 Å². The molecule has 6 nitrogen and oxygen atoms in total. The molecule has 100 valence electrons. The number of aromatic nitrogens is 4. The number of rotatable bonds is 2. The summed E-state index contributed by atoms with van der Waals surface area (Å²) >= 11 is 5.70. The molecule has 1 amide bonds. The van der Waals surface area contributed by atoms with Crippen LogP contribution in [-0.4, -0.2) is 25.5 Å². The first kappa shape index (κ1) is 12.6. The van der Waals surface area contributed by atoms with Crippen LogP contribution in [0.5, 0.6) is 0 Å². The van der Waals surface area contributed by atoms with E-state index >= 15 is 0 Å². The van der Waals surface area contributed by atoms with E-state index in [2.05, 4.69) is 20.4 Å². The number of pyridine rings is 1. The van der Waals surface area contributed by atoms with E-state index in [4.69, 9.17) is 11.6 Å². The highest BCUT2D eigenvalue weighted by Gasteiger charge is 2.18. The van der Waals surface area contributed by atoms with Gasteiger partial charge in [0.05, 0.1) is 17.6 Å². The molecule has 0 bridgehead atoms. The van der Waals surface area contributed by atoms with Crippen molar-refractivity contribution in [1.82, 2.24) is 19.6 Å². The lowest BCUT2D eigenvalue weighted by atomic mass is 10.2. The van der Waals surface area contributed by atoms with Crippen LogP contribution >= 0.6 is 11.6 Å². The van der Waals surface area contributed by atoms with Gasteiger partial charge in [0.25, 0.3) is 5.91 Å². The second-order valence-corrected chi connectivity index (χ2v) is 4.56. The van der Waals surface area contributed by atoms with Crippen LogP contribution in [0.15, 0.2) is 36.8 Å². The van der Waals surface area contributed by atoms with Gasteiger partial charge in [-0.05, 0) is 25.1 Å². The Balaban J connectivity index is 1.96. The Morgan fingerprint density at radius 2 is 2.20 bits per heavy atom. The predicted octanol–water partition coefficient (Wildman–Crippen LogP) is 2.34. The second-order valence-electron chi connectivity index (χ2n) is 4.17. The summed E-state index contributed by atoms with van der Waals surface area (Å²) in [6.45, 7) is 1.77. The van der Waals surface area contributed by atoms with Gasteiger partial charge in [0.15, 0.2) is 5.65 Å². The summed E-state index contributed by atoms with van der Waals surface area (Å²) in [6.07, 6.45) is 4.86. The maximum absolute atomic E-state index is 12.3. The summed E-state index contributed by atoms with van der Waals surface area (Å²) in [6, 6.07) is 5.05. The van der Waals surface area contributed by atoms with Crippen LogP contribution in [0.2, 0.25) is 5.15 Å². The second kappa shape index (κ2) is 4.90. The molecule has 0 aliphatic rings. The summed E-state index contributed by atoms with van der Waals surface area (Å²) < 4.78 is 1.57. The van der Waals surface area contributed by atoms with Crippen molar-refractivity contribution < 1.29 is 4.79 Å². The fraction of sp³-hybridized carbons (Fsp3) is 0.0769. The monoisotopic (exact) mass is 287 g/mol. The molecule has 0 spiro atoms. The molecule has 0 aliphatic heterocycles. The van der Waals surface area contributed by atoms with Gasteiger partial charge in [-0.3, -0.25) is 4.79 Å². The van der Waals surface area contributed by atoms with Gasteiger partial charge in [-0.1, -0.05) is 11.6 Å². The van der Waals surface area contributed by atoms with Gasteiger partial charge < -0.3 is 5.32 Å². The number of halogens is 1. The highest BCUT2D eigenvalue weighted by atomic mass is 35.5. The number of aryl methyl sites for hydroxylation is 1. The molecule has 0 atom stereocenters. The van der Waals surface area contributed by atoms with E-state index in [1.807, 2.05) is 0 Å². The zero-order valence-corrected chi connectivity index (χ0v) is 11.3. The molecule has 20 heavy (non-hydrogen) atoms. The van der Waals surface area contributed by atoms with E-state index in [0.717, 1.165) is 0 Å². The molecule has 3 rings (SSSR count). The number of anilines is 1. The first-order valence-electron chi connectivity index (χ1n) is 5.88. The van der Waals surface area contributed by atoms with E-state index in [0.29, 0.717) is 27.7 Å². The summed E-state index contributed by atoms with van der Waals surface area (Å²) in [4.78, 5) is 20.4. The first-order chi connectivity index (χ1) is 9.65. The van der Waals surface area contributed by atoms with Gasteiger partial charge in [0.1, 0.15) is 10.7 Å². The summed E-state index contributed by atoms with van der Waals surface area (Å²) in [5.41, 5.74) is 2.14. The number of amides is 1. The summed E-state index contributed by atoms with van der Waals surface area (Å²) in [5.74, 6) is -0.277. The fourth-order valence-corrected chi connectivity index (χ4v) is 2.02. The number of fused-ring (bicyclic) bond motifs is 1. The summed E-state index contributed by atoms with van der Waals surface area (Å²) in [5, 5.41) is 7.37. The minimum absolute atomic E-state index is 0.277. The van der Waals surface area contributed by atoms with Crippen molar-refractivity contribution in [1.29, 1.82) is 0 Å². The minimum Gasteiger partial charge on any atom is -0.320 e. The third-order valence-electron chi connectivity index (χ3n) is 2.78. The molecule has 3 aromatic heterocycles. The first-order valence-corrected chi connectivity index (χ1v) is 6.26. The zero-order chi connectivity index (χ0) is 14.1. The van der Waals surface area contributed by atoms with Crippen LogP contribution in [0, 0.1) is 6.92 Å². The highest BCUT2D eigenvalue weighted by Crippen LogP contribution is 2.16. The Hall–Kier alpha value is -2.47. The van der Waals surface area contributed by atoms with Gasteiger partial charge in [-0.25, -0.2) is 14.5 Å². The predicted molar refractivity (Wildman–Crippen MR) is 74.9 cm³/mol. The molecule has 3 aromatic rings. The molecule has 1 N–H and O–H groups in total. The van der Waals surface area contributed by atoms with Crippen molar-refractivity contribution in [3.8, 4) is 0 Å². The van der Waals surface area contributed by atoms with E-state index in [9.17, 15) is 4.79 Å². The molecular formula is C13H10ClN5O. The Morgan fingerprint density at radius 3 is 2.95 bits per heavy atom. The summed E-state index contributed by atoms with van der Waals surface area (Å²) in [7, 11) is 0.